The standard InChI is InChI=1S/C19H20O6/c1-12(9-15(20)10-13(2)19(22)23)7-8-24-16-5-3-14-4-6-18(21)25-17(14)11-16/h3-7,10-11,15,20H,8-9H2,1-2H3,(H,22,23)/b12-7+,13-10+/t15-/m0/s1. The van der Waals surface area contributed by atoms with E-state index in [1.54, 1.807) is 30.3 Å². The fourth-order valence-electron chi connectivity index (χ4n) is 2.24. The van der Waals surface area contributed by atoms with Gasteiger partial charge < -0.3 is 19.4 Å². The maximum atomic E-state index is 11.2. The van der Waals surface area contributed by atoms with E-state index in [0.29, 0.717) is 17.8 Å². The molecule has 132 valence electrons. The molecule has 0 aliphatic heterocycles. The number of fused-ring (bicyclic) bond motifs is 1. The number of aliphatic carboxylic acids is 1. The maximum Gasteiger partial charge on any atom is 0.336 e. The quantitative estimate of drug-likeness (QED) is 0.455. The zero-order chi connectivity index (χ0) is 18.4. The lowest BCUT2D eigenvalue weighted by molar-refractivity contribution is -0.132. The molecule has 2 aromatic rings. The van der Waals surface area contributed by atoms with Gasteiger partial charge in [-0.3, -0.25) is 0 Å². The lowest BCUT2D eigenvalue weighted by Crippen LogP contribution is -2.07. The molecule has 0 bridgehead atoms. The molecule has 2 N–H and O–H groups in total. The van der Waals surface area contributed by atoms with Crippen LogP contribution in [0.2, 0.25) is 0 Å². The Balaban J connectivity index is 1.94. The van der Waals surface area contributed by atoms with E-state index in [-0.39, 0.29) is 12.2 Å². The minimum absolute atomic E-state index is 0.106. The van der Waals surface area contributed by atoms with E-state index in [9.17, 15) is 14.7 Å². The SMILES string of the molecule is C/C(=C\COc1ccc2ccc(=O)oc2c1)C[C@H](O)/C=C(\C)C(=O)O. The van der Waals surface area contributed by atoms with Crippen molar-refractivity contribution in [3.63, 3.8) is 0 Å². The van der Waals surface area contributed by atoms with Crippen molar-refractivity contribution in [2.24, 2.45) is 0 Å². The molecule has 0 unspecified atom stereocenters. The molecule has 0 spiro atoms. The summed E-state index contributed by atoms with van der Waals surface area (Å²) in [6.45, 7) is 3.55. The fourth-order valence-corrected chi connectivity index (χ4v) is 2.24. The largest absolute Gasteiger partial charge is 0.489 e. The molecule has 6 nitrogen and oxygen atoms in total. The van der Waals surface area contributed by atoms with Crippen molar-refractivity contribution in [3.8, 4) is 5.75 Å². The molecule has 0 aliphatic rings. The summed E-state index contributed by atoms with van der Waals surface area (Å²) in [5.41, 5.74) is 1.01. The summed E-state index contributed by atoms with van der Waals surface area (Å²) in [5.74, 6) is -0.486. The smallest absolute Gasteiger partial charge is 0.336 e. The van der Waals surface area contributed by atoms with Crippen LogP contribution >= 0.6 is 0 Å². The average Bonchev–Trinajstić information content (AvgIpc) is 2.54. The second-order valence-electron chi connectivity index (χ2n) is 5.74. The normalized spacial score (nSPS) is 13.7. The summed E-state index contributed by atoms with van der Waals surface area (Å²) in [7, 11) is 0. The molecule has 1 heterocycles. The Kier molecular flexibility index (Phi) is 6.14. The van der Waals surface area contributed by atoms with Gasteiger partial charge in [-0.2, -0.15) is 0 Å². The monoisotopic (exact) mass is 344 g/mol. The molecule has 1 aromatic heterocycles. The highest BCUT2D eigenvalue weighted by molar-refractivity contribution is 5.85. The van der Waals surface area contributed by atoms with E-state index in [1.807, 2.05) is 6.92 Å². The Bertz CT molecular complexity index is 875. The van der Waals surface area contributed by atoms with Crippen LogP contribution in [0.5, 0.6) is 5.75 Å². The van der Waals surface area contributed by atoms with Crippen molar-refractivity contribution >= 4 is 16.9 Å². The van der Waals surface area contributed by atoms with Crippen molar-refractivity contribution < 1.29 is 24.2 Å². The van der Waals surface area contributed by atoms with Gasteiger partial charge in [0.1, 0.15) is 17.9 Å². The van der Waals surface area contributed by atoms with E-state index < -0.39 is 17.7 Å². The molecule has 2 rings (SSSR count). The highest BCUT2D eigenvalue weighted by atomic mass is 16.5. The molecule has 1 atom stereocenters. The summed E-state index contributed by atoms with van der Waals surface area (Å²) in [6, 6.07) is 8.27. The molecular formula is C19H20O6. The Labute approximate surface area is 144 Å². The number of rotatable bonds is 7. The Morgan fingerprint density at radius 3 is 2.72 bits per heavy atom. The molecule has 0 saturated heterocycles. The summed E-state index contributed by atoms with van der Waals surface area (Å²) in [6.07, 6.45) is 2.58. The minimum atomic E-state index is -1.05. The van der Waals surface area contributed by atoms with Crippen LogP contribution in [-0.2, 0) is 4.79 Å². The molecule has 0 radical (unpaired) electrons. The zero-order valence-electron chi connectivity index (χ0n) is 14.1. The third-order valence-corrected chi connectivity index (χ3v) is 3.59. The third kappa shape index (κ3) is 5.61. The first-order valence-electron chi connectivity index (χ1n) is 7.77. The van der Waals surface area contributed by atoms with Gasteiger partial charge in [-0.05, 0) is 50.6 Å². The summed E-state index contributed by atoms with van der Waals surface area (Å²) < 4.78 is 10.7. The summed E-state index contributed by atoms with van der Waals surface area (Å²) in [4.78, 5) is 22.0. The first kappa shape index (κ1) is 18.5. The van der Waals surface area contributed by atoms with Crippen molar-refractivity contribution in [2.75, 3.05) is 6.61 Å². The van der Waals surface area contributed by atoms with Gasteiger partial charge >= 0.3 is 11.6 Å². The van der Waals surface area contributed by atoms with Gasteiger partial charge in [0.15, 0.2) is 0 Å². The Morgan fingerprint density at radius 1 is 1.28 bits per heavy atom. The molecule has 1 aromatic carbocycles. The van der Waals surface area contributed by atoms with Crippen molar-refractivity contribution in [1.29, 1.82) is 0 Å². The number of carboxylic acids is 1. The zero-order valence-corrected chi connectivity index (χ0v) is 14.1. The summed E-state index contributed by atoms with van der Waals surface area (Å²) >= 11 is 0. The molecule has 6 heteroatoms. The minimum Gasteiger partial charge on any atom is -0.489 e. The lowest BCUT2D eigenvalue weighted by Gasteiger charge is -2.08. The highest BCUT2D eigenvalue weighted by Gasteiger charge is 2.06. The first-order valence-corrected chi connectivity index (χ1v) is 7.77. The van der Waals surface area contributed by atoms with Crippen molar-refractivity contribution in [3.05, 3.63) is 64.1 Å². The van der Waals surface area contributed by atoms with Crippen LogP contribution in [0.25, 0.3) is 11.0 Å². The van der Waals surface area contributed by atoms with E-state index in [0.717, 1.165) is 11.0 Å². The van der Waals surface area contributed by atoms with Gasteiger partial charge in [-0.1, -0.05) is 5.57 Å². The van der Waals surface area contributed by atoms with Crippen LogP contribution in [0, 0.1) is 0 Å². The van der Waals surface area contributed by atoms with E-state index in [2.05, 4.69) is 0 Å². The topological polar surface area (TPSA) is 97.0 Å². The molecule has 25 heavy (non-hydrogen) atoms. The van der Waals surface area contributed by atoms with Crippen molar-refractivity contribution in [1.82, 2.24) is 0 Å². The van der Waals surface area contributed by atoms with Crippen molar-refractivity contribution in [2.45, 2.75) is 26.4 Å². The third-order valence-electron chi connectivity index (χ3n) is 3.59. The number of hydrogen-bond acceptors (Lipinski definition) is 5. The molecule has 0 saturated carbocycles. The van der Waals surface area contributed by atoms with Gasteiger partial charge in [0.25, 0.3) is 0 Å². The van der Waals surface area contributed by atoms with E-state index >= 15 is 0 Å². The van der Waals surface area contributed by atoms with Crippen LogP contribution in [0.4, 0.5) is 0 Å². The lowest BCUT2D eigenvalue weighted by atomic mass is 10.1. The molecule has 0 amide bonds. The van der Waals surface area contributed by atoms with Gasteiger partial charge in [0, 0.05) is 23.1 Å². The number of carboxylic acid groups (broad SMARTS) is 1. The maximum absolute atomic E-state index is 11.2. The summed E-state index contributed by atoms with van der Waals surface area (Å²) in [5, 5.41) is 19.4. The highest BCUT2D eigenvalue weighted by Crippen LogP contribution is 2.19. The Hall–Kier alpha value is -2.86. The average molecular weight is 344 g/mol. The molecular weight excluding hydrogens is 324 g/mol. The first-order chi connectivity index (χ1) is 11.8. The number of aliphatic hydroxyl groups excluding tert-OH is 1. The van der Waals surface area contributed by atoms with Gasteiger partial charge in [-0.15, -0.1) is 0 Å². The van der Waals surface area contributed by atoms with Gasteiger partial charge in [0.05, 0.1) is 6.10 Å². The van der Waals surface area contributed by atoms with Crippen LogP contribution in [0.15, 0.2) is 62.8 Å². The van der Waals surface area contributed by atoms with Crippen LogP contribution in [0.1, 0.15) is 20.3 Å². The number of carbonyl (C=O) groups is 1. The number of hydrogen-bond donors (Lipinski definition) is 2. The van der Waals surface area contributed by atoms with Crippen LogP contribution in [-0.4, -0.2) is 28.9 Å². The Morgan fingerprint density at radius 2 is 2.00 bits per heavy atom. The van der Waals surface area contributed by atoms with E-state index in [4.69, 9.17) is 14.3 Å². The van der Waals surface area contributed by atoms with Crippen LogP contribution < -0.4 is 10.4 Å². The number of ether oxygens (including phenoxy) is 1. The van der Waals surface area contributed by atoms with E-state index in [1.165, 1.54) is 19.1 Å². The predicted octanol–water partition coefficient (Wildman–Crippen LogP) is 2.90. The number of aliphatic hydroxyl groups is 1. The second-order valence-corrected chi connectivity index (χ2v) is 5.74. The van der Waals surface area contributed by atoms with Gasteiger partial charge in [-0.25, -0.2) is 9.59 Å². The fraction of sp³-hybridized carbons (Fsp3) is 0.263. The molecule has 0 fully saturated rings. The van der Waals surface area contributed by atoms with Gasteiger partial charge in [0.2, 0.25) is 0 Å². The second kappa shape index (κ2) is 8.30. The van der Waals surface area contributed by atoms with Crippen LogP contribution in [0.3, 0.4) is 0 Å². The number of benzene rings is 1. The molecule has 0 aliphatic carbocycles. The predicted molar refractivity (Wildman–Crippen MR) is 93.8 cm³/mol.